The Balaban J connectivity index is 1.55. The number of rotatable bonds is 1. The Morgan fingerprint density at radius 1 is 1.09 bits per heavy atom. The second-order valence-corrected chi connectivity index (χ2v) is 6.75. The van der Waals surface area contributed by atoms with Crippen LogP contribution in [0.5, 0.6) is 0 Å². The van der Waals surface area contributed by atoms with Crippen molar-refractivity contribution < 1.29 is 15.0 Å². The molecule has 4 rings (SSSR count). The van der Waals surface area contributed by atoms with Crippen LogP contribution in [0.15, 0.2) is 36.5 Å². The van der Waals surface area contributed by atoms with E-state index in [0.717, 1.165) is 10.9 Å². The first-order valence-electron chi connectivity index (χ1n) is 8.12. The summed E-state index contributed by atoms with van der Waals surface area (Å²) in [6, 6.07) is 9.40. The summed E-state index contributed by atoms with van der Waals surface area (Å²) in [4.78, 5) is 18.9. The fourth-order valence-electron chi connectivity index (χ4n) is 3.96. The molecule has 1 amide bonds. The van der Waals surface area contributed by atoms with Crippen LogP contribution in [-0.4, -0.2) is 51.3 Å². The first-order chi connectivity index (χ1) is 11.1. The van der Waals surface area contributed by atoms with E-state index >= 15 is 0 Å². The highest BCUT2D eigenvalue weighted by Gasteiger charge is 2.42. The molecule has 2 heterocycles. The number of pyridine rings is 1. The summed E-state index contributed by atoms with van der Waals surface area (Å²) in [5.41, 5.74) is 1.55. The minimum Gasteiger partial charge on any atom is -0.390 e. The maximum Gasteiger partial charge on any atom is 0.253 e. The van der Waals surface area contributed by atoms with Crippen molar-refractivity contribution in [2.75, 3.05) is 13.1 Å². The Kier molecular flexibility index (Phi) is 3.54. The molecule has 0 bridgehead atoms. The molecule has 5 heteroatoms. The van der Waals surface area contributed by atoms with Gasteiger partial charge >= 0.3 is 0 Å². The Hall–Kier alpha value is -1.98. The average molecular weight is 312 g/mol. The Labute approximate surface area is 134 Å². The number of aromatic nitrogens is 1. The smallest absolute Gasteiger partial charge is 0.253 e. The van der Waals surface area contributed by atoms with Gasteiger partial charge in [0.2, 0.25) is 0 Å². The molecule has 4 atom stereocenters. The molecule has 23 heavy (non-hydrogen) atoms. The molecule has 2 fully saturated rings. The van der Waals surface area contributed by atoms with E-state index < -0.39 is 12.2 Å². The highest BCUT2D eigenvalue weighted by molar-refractivity contribution is 5.98. The third-order valence-electron chi connectivity index (χ3n) is 5.25. The maximum atomic E-state index is 12.8. The zero-order chi connectivity index (χ0) is 16.0. The summed E-state index contributed by atoms with van der Waals surface area (Å²) in [5, 5.41) is 20.6. The first kappa shape index (κ1) is 14.6. The van der Waals surface area contributed by atoms with Crippen molar-refractivity contribution >= 4 is 16.8 Å². The summed E-state index contributed by atoms with van der Waals surface area (Å²) >= 11 is 0. The van der Waals surface area contributed by atoms with Crippen LogP contribution < -0.4 is 0 Å². The molecule has 2 aliphatic rings. The quantitative estimate of drug-likeness (QED) is 0.835. The van der Waals surface area contributed by atoms with E-state index in [0.29, 0.717) is 43.3 Å². The van der Waals surface area contributed by atoms with Gasteiger partial charge in [0, 0.05) is 30.2 Å². The SMILES string of the molecule is O=C(c1ccc2ncccc2c1)N1C[C@H]2C[C@H](O)[C@H](O)C[C@H]2C1. The monoisotopic (exact) mass is 312 g/mol. The van der Waals surface area contributed by atoms with E-state index in [-0.39, 0.29) is 5.91 Å². The molecule has 2 aromatic rings. The average Bonchev–Trinajstić information content (AvgIpc) is 2.97. The van der Waals surface area contributed by atoms with Gasteiger partial charge in [-0.15, -0.1) is 0 Å². The number of carbonyl (C=O) groups is 1. The summed E-state index contributed by atoms with van der Waals surface area (Å²) in [5.74, 6) is 0.605. The van der Waals surface area contributed by atoms with Crippen molar-refractivity contribution in [2.45, 2.75) is 25.0 Å². The molecule has 0 radical (unpaired) electrons. The van der Waals surface area contributed by atoms with Crippen molar-refractivity contribution in [1.82, 2.24) is 9.88 Å². The second-order valence-electron chi connectivity index (χ2n) is 6.75. The lowest BCUT2D eigenvalue weighted by atomic mass is 9.79. The van der Waals surface area contributed by atoms with Crippen molar-refractivity contribution in [3.63, 3.8) is 0 Å². The van der Waals surface area contributed by atoms with E-state index in [2.05, 4.69) is 4.98 Å². The molecule has 1 aliphatic heterocycles. The van der Waals surface area contributed by atoms with Gasteiger partial charge in [-0.25, -0.2) is 0 Å². The lowest BCUT2D eigenvalue weighted by Gasteiger charge is -2.31. The maximum absolute atomic E-state index is 12.8. The second kappa shape index (κ2) is 5.58. The lowest BCUT2D eigenvalue weighted by Crippen LogP contribution is -2.38. The third-order valence-corrected chi connectivity index (χ3v) is 5.25. The molecular formula is C18H20N2O3. The van der Waals surface area contributed by atoms with Crippen LogP contribution in [0, 0.1) is 11.8 Å². The molecule has 1 aromatic heterocycles. The van der Waals surface area contributed by atoms with Gasteiger partial charge in [-0.1, -0.05) is 6.07 Å². The molecule has 1 saturated carbocycles. The Morgan fingerprint density at radius 3 is 2.48 bits per heavy atom. The largest absolute Gasteiger partial charge is 0.390 e. The third kappa shape index (κ3) is 2.60. The fraction of sp³-hybridized carbons (Fsp3) is 0.444. The van der Waals surface area contributed by atoms with Gasteiger partial charge in [-0.3, -0.25) is 9.78 Å². The molecule has 1 aromatic carbocycles. The van der Waals surface area contributed by atoms with E-state index in [9.17, 15) is 15.0 Å². The number of aliphatic hydroxyl groups excluding tert-OH is 2. The molecule has 2 N–H and O–H groups in total. The fourth-order valence-corrected chi connectivity index (χ4v) is 3.96. The zero-order valence-corrected chi connectivity index (χ0v) is 12.8. The number of carbonyl (C=O) groups excluding carboxylic acids is 1. The van der Waals surface area contributed by atoms with Gasteiger partial charge in [0.15, 0.2) is 0 Å². The predicted molar refractivity (Wildman–Crippen MR) is 85.9 cm³/mol. The number of hydrogen-bond donors (Lipinski definition) is 2. The number of benzene rings is 1. The standard InChI is InChI=1S/C18H20N2O3/c21-16-7-13-9-20(10-14(13)8-17(16)22)18(23)12-3-4-15-11(6-12)2-1-5-19-15/h1-6,13-14,16-17,21-22H,7-10H2/t13-,14+,16+,17-. The number of nitrogens with zero attached hydrogens (tertiary/aromatic N) is 2. The number of amides is 1. The first-order valence-corrected chi connectivity index (χ1v) is 8.12. The van der Waals surface area contributed by atoms with E-state index in [1.54, 1.807) is 6.20 Å². The summed E-state index contributed by atoms with van der Waals surface area (Å²) in [6.07, 6.45) is 1.59. The Bertz CT molecular complexity index is 730. The van der Waals surface area contributed by atoms with E-state index in [4.69, 9.17) is 0 Å². The Morgan fingerprint density at radius 2 is 1.78 bits per heavy atom. The van der Waals surface area contributed by atoms with Gasteiger partial charge < -0.3 is 15.1 Å². The van der Waals surface area contributed by atoms with Crippen LogP contribution >= 0.6 is 0 Å². The molecular weight excluding hydrogens is 292 g/mol. The van der Waals surface area contributed by atoms with Gasteiger partial charge in [0.05, 0.1) is 17.7 Å². The van der Waals surface area contributed by atoms with Crippen LogP contribution in [0.3, 0.4) is 0 Å². The molecule has 0 spiro atoms. The summed E-state index contributed by atoms with van der Waals surface area (Å²) in [6.45, 7) is 1.33. The number of likely N-dealkylation sites (tertiary alicyclic amines) is 1. The van der Waals surface area contributed by atoms with Crippen molar-refractivity contribution in [1.29, 1.82) is 0 Å². The summed E-state index contributed by atoms with van der Waals surface area (Å²) < 4.78 is 0. The van der Waals surface area contributed by atoms with Crippen LogP contribution in [0.2, 0.25) is 0 Å². The van der Waals surface area contributed by atoms with Crippen molar-refractivity contribution in [3.8, 4) is 0 Å². The minimum atomic E-state index is -0.655. The zero-order valence-electron chi connectivity index (χ0n) is 12.8. The van der Waals surface area contributed by atoms with Gasteiger partial charge in [-0.2, -0.15) is 0 Å². The highest BCUT2D eigenvalue weighted by Crippen LogP contribution is 2.37. The van der Waals surface area contributed by atoms with E-state index in [1.165, 1.54) is 0 Å². The molecule has 1 aliphatic carbocycles. The molecule has 5 nitrogen and oxygen atoms in total. The number of aliphatic hydroxyl groups is 2. The molecule has 120 valence electrons. The van der Waals surface area contributed by atoms with Gasteiger partial charge in [0.1, 0.15) is 0 Å². The number of fused-ring (bicyclic) bond motifs is 2. The van der Waals surface area contributed by atoms with Gasteiger partial charge in [-0.05, 0) is 48.9 Å². The van der Waals surface area contributed by atoms with Crippen molar-refractivity contribution in [3.05, 3.63) is 42.1 Å². The van der Waals surface area contributed by atoms with E-state index in [1.807, 2.05) is 35.2 Å². The highest BCUT2D eigenvalue weighted by atomic mass is 16.3. The predicted octanol–water partition coefficient (Wildman–Crippen LogP) is 1.44. The normalized spacial score (nSPS) is 30.4. The van der Waals surface area contributed by atoms with Crippen LogP contribution in [0.25, 0.3) is 10.9 Å². The van der Waals surface area contributed by atoms with Crippen LogP contribution in [0.1, 0.15) is 23.2 Å². The van der Waals surface area contributed by atoms with Crippen molar-refractivity contribution in [2.24, 2.45) is 11.8 Å². The minimum absolute atomic E-state index is 0.0223. The van der Waals surface area contributed by atoms with Gasteiger partial charge in [0.25, 0.3) is 5.91 Å². The van der Waals surface area contributed by atoms with Crippen LogP contribution in [0.4, 0.5) is 0 Å². The van der Waals surface area contributed by atoms with Crippen LogP contribution in [-0.2, 0) is 0 Å². The summed E-state index contributed by atoms with van der Waals surface area (Å²) in [7, 11) is 0. The number of hydrogen-bond acceptors (Lipinski definition) is 4. The molecule has 0 unspecified atom stereocenters. The topological polar surface area (TPSA) is 73.7 Å². The molecule has 1 saturated heterocycles. The lowest BCUT2D eigenvalue weighted by molar-refractivity contribution is -0.0372.